The molecule has 0 aliphatic carbocycles. The molecule has 3 aromatic rings. The number of nitro groups is 1. The number of hydrogen-bond acceptors (Lipinski definition) is 7. The maximum atomic E-state index is 12.4. The standard InChI is InChI=1S/C24H14Br2N2O6/c1-13-9-16(7-8-20(13)28(31)32)22-27-19(24(30)34-22)12-14-10-17(25)21(18(26)11-14)33-23(29)15-5-3-2-4-6-15/h2-12H,1H3/b19-12-. The van der Waals surface area contributed by atoms with Gasteiger partial charge in [-0.2, -0.15) is 0 Å². The van der Waals surface area contributed by atoms with E-state index >= 15 is 0 Å². The highest BCUT2D eigenvalue weighted by Gasteiger charge is 2.26. The first-order valence-electron chi connectivity index (χ1n) is 9.77. The van der Waals surface area contributed by atoms with E-state index in [0.717, 1.165) is 0 Å². The van der Waals surface area contributed by atoms with Crippen molar-refractivity contribution in [2.75, 3.05) is 0 Å². The van der Waals surface area contributed by atoms with Crippen LogP contribution < -0.4 is 4.74 Å². The van der Waals surface area contributed by atoms with Gasteiger partial charge in [0, 0.05) is 17.2 Å². The number of aryl methyl sites for hydroxylation is 1. The molecule has 0 saturated heterocycles. The average molecular weight is 586 g/mol. The molecule has 34 heavy (non-hydrogen) atoms. The van der Waals surface area contributed by atoms with Crippen molar-refractivity contribution in [3.05, 3.63) is 108 Å². The predicted molar refractivity (Wildman–Crippen MR) is 132 cm³/mol. The Morgan fingerprint density at radius 2 is 1.76 bits per heavy atom. The van der Waals surface area contributed by atoms with E-state index in [2.05, 4.69) is 36.9 Å². The first-order valence-corrected chi connectivity index (χ1v) is 11.4. The van der Waals surface area contributed by atoms with Gasteiger partial charge in [0.2, 0.25) is 5.90 Å². The number of halogens is 2. The Morgan fingerprint density at radius 3 is 2.38 bits per heavy atom. The lowest BCUT2D eigenvalue weighted by Crippen LogP contribution is -2.09. The first-order chi connectivity index (χ1) is 16.2. The Bertz CT molecular complexity index is 1380. The van der Waals surface area contributed by atoms with Gasteiger partial charge in [0.25, 0.3) is 5.69 Å². The predicted octanol–water partition coefficient (Wildman–Crippen LogP) is 5.99. The molecule has 1 aliphatic rings. The van der Waals surface area contributed by atoms with Crippen molar-refractivity contribution in [2.45, 2.75) is 6.92 Å². The third-order valence-electron chi connectivity index (χ3n) is 4.79. The van der Waals surface area contributed by atoms with Crippen LogP contribution in [0.2, 0.25) is 0 Å². The Morgan fingerprint density at radius 1 is 1.09 bits per heavy atom. The van der Waals surface area contributed by atoms with Crippen molar-refractivity contribution in [2.24, 2.45) is 4.99 Å². The second-order valence-corrected chi connectivity index (χ2v) is 8.87. The van der Waals surface area contributed by atoms with E-state index in [9.17, 15) is 19.7 Å². The number of ether oxygens (including phenoxy) is 2. The van der Waals surface area contributed by atoms with Gasteiger partial charge in [-0.1, -0.05) is 18.2 Å². The fourth-order valence-electron chi connectivity index (χ4n) is 3.17. The fourth-order valence-corrected chi connectivity index (χ4v) is 4.55. The quantitative estimate of drug-likeness (QED) is 0.120. The number of carbonyl (C=O) groups excluding carboxylic acids is 2. The SMILES string of the molecule is Cc1cc(C2=N/C(=C\c3cc(Br)c(OC(=O)c4ccccc4)c(Br)c3)C(=O)O2)ccc1[N+](=O)[O-]. The van der Waals surface area contributed by atoms with Crippen LogP contribution in [0.1, 0.15) is 27.0 Å². The lowest BCUT2D eigenvalue weighted by atomic mass is 10.1. The van der Waals surface area contributed by atoms with E-state index in [0.29, 0.717) is 31.2 Å². The minimum atomic E-state index is -0.655. The molecule has 1 heterocycles. The zero-order chi connectivity index (χ0) is 24.4. The molecule has 0 unspecified atom stereocenters. The largest absolute Gasteiger partial charge is 0.421 e. The molecule has 0 atom stereocenters. The van der Waals surface area contributed by atoms with Crippen LogP contribution in [0, 0.1) is 17.0 Å². The highest BCUT2D eigenvalue weighted by atomic mass is 79.9. The monoisotopic (exact) mass is 584 g/mol. The molecule has 0 aromatic heterocycles. The van der Waals surface area contributed by atoms with Crippen LogP contribution >= 0.6 is 31.9 Å². The fraction of sp³-hybridized carbons (Fsp3) is 0.0417. The van der Waals surface area contributed by atoms with Crippen LogP contribution in [0.4, 0.5) is 5.69 Å². The van der Waals surface area contributed by atoms with Crippen LogP contribution in [0.15, 0.2) is 80.3 Å². The van der Waals surface area contributed by atoms with Crippen molar-refractivity contribution in [1.29, 1.82) is 0 Å². The summed E-state index contributed by atoms with van der Waals surface area (Å²) < 4.78 is 11.7. The van der Waals surface area contributed by atoms with Crippen molar-refractivity contribution in [3.8, 4) is 5.75 Å². The Kier molecular flexibility index (Phi) is 6.71. The summed E-state index contributed by atoms with van der Waals surface area (Å²) in [5, 5.41) is 11.0. The van der Waals surface area contributed by atoms with Crippen LogP contribution in [0.3, 0.4) is 0 Å². The summed E-state index contributed by atoms with van der Waals surface area (Å²) in [4.78, 5) is 39.5. The van der Waals surface area contributed by atoms with E-state index in [-0.39, 0.29) is 23.0 Å². The highest BCUT2D eigenvalue weighted by molar-refractivity contribution is 9.11. The van der Waals surface area contributed by atoms with E-state index < -0.39 is 16.9 Å². The number of nitro benzene ring substituents is 1. The normalized spacial score (nSPS) is 14.0. The van der Waals surface area contributed by atoms with Crippen molar-refractivity contribution >= 4 is 61.5 Å². The molecule has 1 aliphatic heterocycles. The number of cyclic esters (lactones) is 1. The van der Waals surface area contributed by atoms with Gasteiger partial charge in [-0.15, -0.1) is 0 Å². The average Bonchev–Trinajstić information content (AvgIpc) is 3.16. The summed E-state index contributed by atoms with van der Waals surface area (Å²) in [5.41, 5.74) is 1.89. The molecular weight excluding hydrogens is 572 g/mol. The number of nitrogens with zero attached hydrogens (tertiary/aromatic N) is 2. The number of hydrogen-bond donors (Lipinski definition) is 0. The molecule has 0 bridgehead atoms. The number of benzene rings is 3. The third-order valence-corrected chi connectivity index (χ3v) is 5.97. The van der Waals surface area contributed by atoms with Crippen LogP contribution in [0.25, 0.3) is 6.08 Å². The van der Waals surface area contributed by atoms with Gasteiger partial charge in [-0.05, 0) is 86.8 Å². The zero-order valence-corrected chi connectivity index (χ0v) is 20.6. The number of carbonyl (C=O) groups is 2. The van der Waals surface area contributed by atoms with E-state index in [1.165, 1.54) is 24.3 Å². The van der Waals surface area contributed by atoms with Gasteiger partial charge in [-0.25, -0.2) is 14.6 Å². The topological polar surface area (TPSA) is 108 Å². The van der Waals surface area contributed by atoms with Gasteiger partial charge in [0.15, 0.2) is 11.4 Å². The molecule has 0 fully saturated rings. The second kappa shape index (κ2) is 9.70. The van der Waals surface area contributed by atoms with E-state index in [4.69, 9.17) is 9.47 Å². The summed E-state index contributed by atoms with van der Waals surface area (Å²) in [6.07, 6.45) is 1.52. The van der Waals surface area contributed by atoms with Gasteiger partial charge in [-0.3, -0.25) is 10.1 Å². The molecule has 4 rings (SSSR count). The number of aliphatic imine (C=N–C) groups is 1. The molecule has 0 saturated carbocycles. The maximum absolute atomic E-state index is 12.4. The molecule has 3 aromatic carbocycles. The van der Waals surface area contributed by atoms with Crippen LogP contribution in [-0.4, -0.2) is 22.8 Å². The number of esters is 2. The van der Waals surface area contributed by atoms with Crippen molar-refractivity contribution < 1.29 is 24.0 Å². The molecule has 170 valence electrons. The molecule has 0 N–H and O–H groups in total. The smallest absolute Gasteiger partial charge is 0.363 e. The highest BCUT2D eigenvalue weighted by Crippen LogP contribution is 2.36. The summed E-state index contributed by atoms with van der Waals surface area (Å²) in [6, 6.07) is 16.3. The molecule has 8 nitrogen and oxygen atoms in total. The van der Waals surface area contributed by atoms with E-state index in [1.807, 2.05) is 0 Å². The Hall–Kier alpha value is -3.63. The van der Waals surface area contributed by atoms with Crippen molar-refractivity contribution in [1.82, 2.24) is 0 Å². The summed E-state index contributed by atoms with van der Waals surface area (Å²) in [5.74, 6) is -0.825. The molecule has 10 heteroatoms. The molecule has 0 radical (unpaired) electrons. The molecule has 0 spiro atoms. The minimum absolute atomic E-state index is 0.0350. The Labute approximate surface area is 210 Å². The lowest BCUT2D eigenvalue weighted by Gasteiger charge is -2.10. The Balaban J connectivity index is 1.59. The van der Waals surface area contributed by atoms with Crippen LogP contribution in [-0.2, 0) is 9.53 Å². The summed E-state index contributed by atoms with van der Waals surface area (Å²) in [7, 11) is 0. The van der Waals surface area contributed by atoms with E-state index in [1.54, 1.807) is 49.4 Å². The maximum Gasteiger partial charge on any atom is 0.363 e. The lowest BCUT2D eigenvalue weighted by molar-refractivity contribution is -0.385. The first kappa shape index (κ1) is 23.5. The van der Waals surface area contributed by atoms with Crippen molar-refractivity contribution in [3.63, 3.8) is 0 Å². The summed E-state index contributed by atoms with van der Waals surface area (Å²) in [6.45, 7) is 1.59. The number of rotatable bonds is 5. The zero-order valence-electron chi connectivity index (χ0n) is 17.5. The summed E-state index contributed by atoms with van der Waals surface area (Å²) >= 11 is 6.79. The van der Waals surface area contributed by atoms with Gasteiger partial charge in [0.1, 0.15) is 0 Å². The molecular formula is C24H14Br2N2O6. The van der Waals surface area contributed by atoms with Gasteiger partial charge >= 0.3 is 11.9 Å². The van der Waals surface area contributed by atoms with Crippen LogP contribution in [0.5, 0.6) is 5.75 Å². The molecule has 0 amide bonds. The third kappa shape index (κ3) is 4.97. The van der Waals surface area contributed by atoms with Gasteiger partial charge < -0.3 is 9.47 Å². The minimum Gasteiger partial charge on any atom is -0.421 e. The van der Waals surface area contributed by atoms with Gasteiger partial charge in [0.05, 0.1) is 19.4 Å². The second-order valence-electron chi connectivity index (χ2n) is 7.16.